The molecule has 0 unspecified atom stereocenters. The number of hydrogen-bond acceptors (Lipinski definition) is 2. The van der Waals surface area contributed by atoms with Gasteiger partial charge in [0.05, 0.1) is 6.61 Å². The van der Waals surface area contributed by atoms with Crippen molar-refractivity contribution >= 4 is 0 Å². The van der Waals surface area contributed by atoms with Crippen LogP contribution in [0.25, 0.3) is 0 Å². The lowest BCUT2D eigenvalue weighted by atomic mass is 10.2. The maximum Gasteiger partial charge on any atom is 0.119 e. The number of ether oxygens (including phenoxy) is 1. The first-order valence-electron chi connectivity index (χ1n) is 3.48. The van der Waals surface area contributed by atoms with Gasteiger partial charge in [-0.2, -0.15) is 0 Å². The second kappa shape index (κ2) is 3.98. The normalized spacial score (nSPS) is 9.64. The molecule has 0 saturated heterocycles. The molecule has 1 N–H and O–H groups in total. The minimum atomic E-state index is 0.0477. The molecule has 0 aliphatic heterocycles. The lowest BCUT2D eigenvalue weighted by Gasteiger charge is -2.02. The van der Waals surface area contributed by atoms with Gasteiger partial charge in [-0.1, -0.05) is 12.1 Å². The third-order valence-electron chi connectivity index (χ3n) is 1.28. The highest BCUT2D eigenvalue weighted by molar-refractivity contribution is 5.28. The zero-order valence-corrected chi connectivity index (χ0v) is 6.29. The maximum absolute atomic E-state index is 8.44. The average molecular weight is 151 g/mol. The molecule has 0 fully saturated rings. The van der Waals surface area contributed by atoms with E-state index in [1.54, 1.807) is 0 Å². The molecule has 0 saturated carbocycles. The van der Waals surface area contributed by atoms with Gasteiger partial charge in [-0.15, -0.1) is 0 Å². The third-order valence-corrected chi connectivity index (χ3v) is 1.28. The Bertz CT molecular complexity index is 203. The summed E-state index contributed by atoms with van der Waals surface area (Å²) in [7, 11) is 0. The fourth-order valence-electron chi connectivity index (χ4n) is 0.749. The summed E-state index contributed by atoms with van der Waals surface area (Å²) in [6, 6.07) is 7.40. The molecule has 0 atom stereocenters. The lowest BCUT2D eigenvalue weighted by molar-refractivity contribution is 0.201. The average Bonchev–Trinajstić information content (AvgIpc) is 2.04. The summed E-state index contributed by atoms with van der Waals surface area (Å²) in [5.41, 5.74) is 0.960. The summed E-state index contributed by atoms with van der Waals surface area (Å²) < 4.78 is 5.13. The molecule has 0 spiro atoms. The van der Waals surface area contributed by atoms with Crippen molar-refractivity contribution < 1.29 is 9.84 Å². The van der Waals surface area contributed by atoms with Crippen LogP contribution in [0, 0.1) is 6.92 Å². The quantitative estimate of drug-likeness (QED) is 0.704. The Morgan fingerprint density at radius 2 is 1.91 bits per heavy atom. The molecule has 11 heavy (non-hydrogen) atoms. The van der Waals surface area contributed by atoms with E-state index in [1.165, 1.54) is 0 Å². The first-order valence-corrected chi connectivity index (χ1v) is 3.48. The minimum Gasteiger partial charge on any atom is -0.491 e. The van der Waals surface area contributed by atoms with Crippen LogP contribution in [0.15, 0.2) is 24.3 Å². The van der Waals surface area contributed by atoms with Crippen molar-refractivity contribution in [2.24, 2.45) is 0 Å². The Morgan fingerprint density at radius 1 is 1.27 bits per heavy atom. The van der Waals surface area contributed by atoms with E-state index >= 15 is 0 Å². The number of rotatable bonds is 3. The first kappa shape index (κ1) is 8.08. The second-order valence-corrected chi connectivity index (χ2v) is 2.22. The fourth-order valence-corrected chi connectivity index (χ4v) is 0.749. The van der Waals surface area contributed by atoms with E-state index < -0.39 is 0 Å². The molecule has 1 rings (SSSR count). The Labute approximate surface area is 66.4 Å². The fraction of sp³-hybridized carbons (Fsp3) is 0.222. The molecule has 0 amide bonds. The summed E-state index contributed by atoms with van der Waals surface area (Å²) in [5.74, 6) is 0.770. The van der Waals surface area contributed by atoms with Gasteiger partial charge in [0.2, 0.25) is 0 Å². The summed E-state index contributed by atoms with van der Waals surface area (Å²) in [5, 5.41) is 8.44. The summed E-state index contributed by atoms with van der Waals surface area (Å²) in [6.45, 7) is 4.13. The monoisotopic (exact) mass is 151 g/mol. The molecule has 0 aliphatic carbocycles. The molecule has 1 aromatic carbocycles. The van der Waals surface area contributed by atoms with Crippen LogP contribution in [0.3, 0.4) is 0 Å². The molecular weight excluding hydrogens is 140 g/mol. The van der Waals surface area contributed by atoms with E-state index in [2.05, 4.69) is 6.92 Å². The summed E-state index contributed by atoms with van der Waals surface area (Å²) in [4.78, 5) is 0. The molecule has 2 nitrogen and oxygen atoms in total. The largest absolute Gasteiger partial charge is 0.491 e. The second-order valence-electron chi connectivity index (χ2n) is 2.22. The van der Waals surface area contributed by atoms with Gasteiger partial charge in [0.25, 0.3) is 0 Å². The van der Waals surface area contributed by atoms with Gasteiger partial charge >= 0.3 is 0 Å². The van der Waals surface area contributed by atoms with E-state index in [-0.39, 0.29) is 6.61 Å². The van der Waals surface area contributed by atoms with Crippen molar-refractivity contribution in [3.05, 3.63) is 36.8 Å². The van der Waals surface area contributed by atoms with E-state index in [9.17, 15) is 0 Å². The predicted octanol–water partition coefficient (Wildman–Crippen LogP) is 1.24. The van der Waals surface area contributed by atoms with Gasteiger partial charge < -0.3 is 9.84 Å². The van der Waals surface area contributed by atoms with Crippen LogP contribution in [0.1, 0.15) is 5.56 Å². The van der Waals surface area contributed by atoms with Crippen LogP contribution in [0.4, 0.5) is 0 Å². The molecule has 0 aliphatic rings. The maximum atomic E-state index is 8.44. The van der Waals surface area contributed by atoms with Gasteiger partial charge in [0.1, 0.15) is 12.4 Å². The lowest BCUT2D eigenvalue weighted by Crippen LogP contribution is -2.01. The number of benzene rings is 1. The molecule has 0 bridgehead atoms. The molecular formula is C9H11O2. The Hall–Kier alpha value is -1.02. The van der Waals surface area contributed by atoms with Gasteiger partial charge in [-0.25, -0.2) is 0 Å². The zero-order valence-electron chi connectivity index (χ0n) is 6.29. The van der Waals surface area contributed by atoms with Gasteiger partial charge in [-0.05, 0) is 24.6 Å². The zero-order chi connectivity index (χ0) is 8.10. The molecule has 0 heterocycles. The minimum absolute atomic E-state index is 0.0477. The topological polar surface area (TPSA) is 29.5 Å². The highest BCUT2D eigenvalue weighted by atomic mass is 16.5. The molecule has 0 aromatic heterocycles. The van der Waals surface area contributed by atoms with Crippen LogP contribution in [0.2, 0.25) is 0 Å². The van der Waals surface area contributed by atoms with Crippen molar-refractivity contribution in [3.63, 3.8) is 0 Å². The van der Waals surface area contributed by atoms with Gasteiger partial charge in [-0.3, -0.25) is 0 Å². The van der Waals surface area contributed by atoms with Gasteiger partial charge in [0, 0.05) is 0 Å². The SMILES string of the molecule is [CH2]c1ccc(OCCO)cc1. The van der Waals surface area contributed by atoms with Gasteiger partial charge in [0.15, 0.2) is 0 Å². The van der Waals surface area contributed by atoms with Crippen LogP contribution in [-0.4, -0.2) is 18.3 Å². The van der Waals surface area contributed by atoms with Crippen molar-refractivity contribution in [2.75, 3.05) is 13.2 Å². The van der Waals surface area contributed by atoms with Crippen molar-refractivity contribution in [2.45, 2.75) is 0 Å². The smallest absolute Gasteiger partial charge is 0.119 e. The third kappa shape index (κ3) is 2.60. The van der Waals surface area contributed by atoms with Crippen molar-refractivity contribution in [1.82, 2.24) is 0 Å². The molecule has 1 aromatic rings. The Morgan fingerprint density at radius 3 is 2.45 bits per heavy atom. The van der Waals surface area contributed by atoms with E-state index in [4.69, 9.17) is 9.84 Å². The summed E-state index contributed by atoms with van der Waals surface area (Å²) >= 11 is 0. The highest BCUT2D eigenvalue weighted by Crippen LogP contribution is 2.10. The standard InChI is InChI=1S/C9H11O2/c1-8-2-4-9(5-3-8)11-7-6-10/h2-5,10H,1,6-7H2. The number of hydrogen-bond donors (Lipinski definition) is 1. The molecule has 2 heteroatoms. The van der Waals surface area contributed by atoms with E-state index in [0.29, 0.717) is 6.61 Å². The Balaban J connectivity index is 2.52. The molecule has 59 valence electrons. The van der Waals surface area contributed by atoms with E-state index in [0.717, 1.165) is 11.3 Å². The Kier molecular flexibility index (Phi) is 2.93. The van der Waals surface area contributed by atoms with E-state index in [1.807, 2.05) is 24.3 Å². The van der Waals surface area contributed by atoms with Crippen LogP contribution in [0.5, 0.6) is 5.75 Å². The van der Waals surface area contributed by atoms with Crippen LogP contribution in [-0.2, 0) is 0 Å². The molecule has 1 radical (unpaired) electrons. The predicted molar refractivity (Wildman–Crippen MR) is 43.5 cm³/mol. The van der Waals surface area contributed by atoms with Crippen LogP contribution >= 0.6 is 0 Å². The van der Waals surface area contributed by atoms with Crippen LogP contribution < -0.4 is 4.74 Å². The number of aliphatic hydroxyl groups is 1. The van der Waals surface area contributed by atoms with Crippen molar-refractivity contribution in [3.8, 4) is 5.75 Å². The number of aliphatic hydroxyl groups excluding tert-OH is 1. The highest BCUT2D eigenvalue weighted by Gasteiger charge is 1.90. The van der Waals surface area contributed by atoms with Crippen molar-refractivity contribution in [1.29, 1.82) is 0 Å². The first-order chi connectivity index (χ1) is 5.33. The summed E-state index contributed by atoms with van der Waals surface area (Å²) in [6.07, 6.45) is 0.